The first-order valence-electron chi connectivity index (χ1n) is 7.13. The van der Waals surface area contributed by atoms with Gasteiger partial charge in [-0.15, -0.1) is 0 Å². The number of likely N-dealkylation sites (N-methyl/N-ethyl adjacent to an activating group) is 1. The highest BCUT2D eigenvalue weighted by Gasteiger charge is 2.31. The molecule has 1 atom stereocenters. The molecule has 0 fully saturated rings. The number of hydrogen-bond donors (Lipinski definition) is 0. The summed E-state index contributed by atoms with van der Waals surface area (Å²) >= 11 is 0. The van der Waals surface area contributed by atoms with E-state index in [2.05, 4.69) is 0 Å². The zero-order chi connectivity index (χ0) is 15.5. The number of hydrogen-bond acceptors (Lipinski definition) is 2. The molecule has 19 heavy (non-hydrogen) atoms. The highest BCUT2D eigenvalue weighted by Crippen LogP contribution is 2.24. The lowest BCUT2D eigenvalue weighted by Crippen LogP contribution is -2.41. The third-order valence-corrected chi connectivity index (χ3v) is 2.82. The highest BCUT2D eigenvalue weighted by atomic mass is 19.4. The first-order chi connectivity index (χ1) is 8.81. The summed E-state index contributed by atoms with van der Waals surface area (Å²) in [5.74, 6) is -0.174. The molecule has 0 aromatic carbocycles. The quantitative estimate of drug-likeness (QED) is 0.656. The largest absolute Gasteiger partial charge is 0.389 e. The third-order valence-electron chi connectivity index (χ3n) is 2.82. The van der Waals surface area contributed by atoms with E-state index in [1.165, 1.54) is 6.92 Å². The Morgan fingerprint density at radius 3 is 2.05 bits per heavy atom. The Hall–Kier alpha value is -0.580. The zero-order valence-electron chi connectivity index (χ0n) is 12.8. The zero-order valence-corrected chi connectivity index (χ0v) is 12.8. The predicted molar refractivity (Wildman–Crippen MR) is 73.3 cm³/mol. The third kappa shape index (κ3) is 11.0. The molecule has 0 rings (SSSR count). The molecule has 0 saturated carbocycles. The normalized spacial score (nSPS) is 12.9. The van der Waals surface area contributed by atoms with E-state index in [1.807, 2.05) is 32.6 Å². The molecule has 0 aliphatic heterocycles. The molecule has 0 aliphatic carbocycles. The van der Waals surface area contributed by atoms with Gasteiger partial charge in [-0.2, -0.15) is 13.2 Å². The second kappa shape index (κ2) is 11.3. The summed E-state index contributed by atoms with van der Waals surface area (Å²) in [5.41, 5.74) is 0. The summed E-state index contributed by atoms with van der Waals surface area (Å²) in [4.78, 5) is 13.3. The minimum Gasteiger partial charge on any atom is -0.298 e. The van der Waals surface area contributed by atoms with Gasteiger partial charge in [0.15, 0.2) is 0 Å². The number of carbonyl (C=O) groups is 1. The fourth-order valence-electron chi connectivity index (χ4n) is 1.84. The molecule has 2 nitrogen and oxygen atoms in total. The van der Waals surface area contributed by atoms with Crippen molar-refractivity contribution >= 4 is 5.78 Å². The smallest absolute Gasteiger partial charge is 0.298 e. The van der Waals surface area contributed by atoms with Gasteiger partial charge in [0.25, 0.3) is 0 Å². The van der Waals surface area contributed by atoms with Gasteiger partial charge in [0.05, 0.1) is 6.04 Å². The number of ketones is 1. The standard InChI is InChI=1S/C12H22F3NO.C2H6/c1-4-6-9-16(5-2)11(10(3)17)7-8-12(13,14)15;1-2/h11H,4-9H2,1-3H3;1-2H3. The monoisotopic (exact) mass is 283 g/mol. The number of Topliss-reactive ketones (excluding diaryl/α,β-unsaturated/α-hetero) is 1. The van der Waals surface area contributed by atoms with E-state index >= 15 is 0 Å². The lowest BCUT2D eigenvalue weighted by atomic mass is 10.0. The molecule has 0 radical (unpaired) electrons. The molecule has 0 bridgehead atoms. The van der Waals surface area contributed by atoms with Gasteiger partial charge in [-0.05, 0) is 32.9 Å². The van der Waals surface area contributed by atoms with Gasteiger partial charge in [-0.3, -0.25) is 9.69 Å². The summed E-state index contributed by atoms with van der Waals surface area (Å²) in [6.07, 6.45) is -3.32. The van der Waals surface area contributed by atoms with Crippen LogP contribution in [0.15, 0.2) is 0 Å². The highest BCUT2D eigenvalue weighted by molar-refractivity contribution is 5.81. The van der Waals surface area contributed by atoms with Crippen LogP contribution in [0.4, 0.5) is 13.2 Å². The van der Waals surface area contributed by atoms with Crippen molar-refractivity contribution in [3.63, 3.8) is 0 Å². The molecule has 0 aliphatic rings. The van der Waals surface area contributed by atoms with Crippen LogP contribution in [0.1, 0.15) is 60.3 Å². The van der Waals surface area contributed by atoms with E-state index in [4.69, 9.17) is 0 Å². The number of alkyl halides is 3. The van der Waals surface area contributed by atoms with Crippen LogP contribution in [0.2, 0.25) is 0 Å². The number of carbonyl (C=O) groups excluding carboxylic acids is 1. The lowest BCUT2D eigenvalue weighted by Gasteiger charge is -2.29. The van der Waals surface area contributed by atoms with Crippen LogP contribution in [0, 0.1) is 0 Å². The van der Waals surface area contributed by atoms with Gasteiger partial charge in [0.1, 0.15) is 5.78 Å². The van der Waals surface area contributed by atoms with Gasteiger partial charge in [-0.1, -0.05) is 34.1 Å². The maximum atomic E-state index is 12.2. The Morgan fingerprint density at radius 2 is 1.74 bits per heavy atom. The molecule has 5 heteroatoms. The number of rotatable bonds is 8. The first kappa shape index (κ1) is 20.7. The maximum absolute atomic E-state index is 12.2. The second-order valence-electron chi connectivity index (χ2n) is 4.26. The maximum Gasteiger partial charge on any atom is 0.389 e. The average molecular weight is 283 g/mol. The molecule has 0 saturated heterocycles. The fourth-order valence-corrected chi connectivity index (χ4v) is 1.84. The van der Waals surface area contributed by atoms with Crippen LogP contribution in [0.3, 0.4) is 0 Å². The summed E-state index contributed by atoms with van der Waals surface area (Å²) in [6.45, 7) is 10.6. The summed E-state index contributed by atoms with van der Waals surface area (Å²) < 4.78 is 36.5. The molecule has 0 aromatic rings. The Balaban J connectivity index is 0. The average Bonchev–Trinajstić information content (AvgIpc) is 2.34. The molecule has 0 amide bonds. The van der Waals surface area contributed by atoms with Gasteiger partial charge in [0.2, 0.25) is 0 Å². The fraction of sp³-hybridized carbons (Fsp3) is 0.929. The van der Waals surface area contributed by atoms with Crippen LogP contribution in [0.5, 0.6) is 0 Å². The van der Waals surface area contributed by atoms with E-state index in [0.29, 0.717) is 13.1 Å². The van der Waals surface area contributed by atoms with Crippen molar-refractivity contribution in [1.29, 1.82) is 0 Å². The summed E-state index contributed by atoms with van der Waals surface area (Å²) in [6, 6.07) is -0.590. The van der Waals surface area contributed by atoms with Gasteiger partial charge >= 0.3 is 6.18 Å². The summed E-state index contributed by atoms with van der Waals surface area (Å²) in [7, 11) is 0. The second-order valence-corrected chi connectivity index (χ2v) is 4.26. The van der Waals surface area contributed by atoms with E-state index < -0.39 is 18.6 Å². The Bertz CT molecular complexity index is 229. The number of nitrogens with zero attached hydrogens (tertiary/aromatic N) is 1. The topological polar surface area (TPSA) is 20.3 Å². The number of unbranched alkanes of at least 4 members (excludes halogenated alkanes) is 1. The molecule has 0 N–H and O–H groups in total. The molecular weight excluding hydrogens is 255 g/mol. The van der Waals surface area contributed by atoms with Gasteiger partial charge in [-0.25, -0.2) is 0 Å². The van der Waals surface area contributed by atoms with Crippen LogP contribution in [-0.2, 0) is 4.79 Å². The van der Waals surface area contributed by atoms with Gasteiger partial charge < -0.3 is 0 Å². The van der Waals surface area contributed by atoms with Crippen LogP contribution < -0.4 is 0 Å². The van der Waals surface area contributed by atoms with Gasteiger partial charge in [0, 0.05) is 6.42 Å². The Kier molecular flexibility index (Phi) is 12.3. The van der Waals surface area contributed by atoms with E-state index in [0.717, 1.165) is 12.8 Å². The Labute approximate surface area is 115 Å². The SMILES string of the molecule is CC.CCCCN(CC)C(CCC(F)(F)F)C(C)=O. The van der Waals surface area contributed by atoms with Crippen molar-refractivity contribution < 1.29 is 18.0 Å². The molecule has 0 aromatic heterocycles. The number of halogens is 3. The minimum atomic E-state index is -4.18. The minimum absolute atomic E-state index is 0.129. The van der Waals surface area contributed by atoms with Crippen LogP contribution in [-0.4, -0.2) is 36.0 Å². The first-order valence-corrected chi connectivity index (χ1v) is 7.13. The van der Waals surface area contributed by atoms with Crippen molar-refractivity contribution in [3.8, 4) is 0 Å². The van der Waals surface area contributed by atoms with Crippen molar-refractivity contribution in [2.24, 2.45) is 0 Å². The van der Waals surface area contributed by atoms with E-state index in [-0.39, 0.29) is 12.2 Å². The molecular formula is C14H28F3NO. The molecule has 116 valence electrons. The summed E-state index contributed by atoms with van der Waals surface area (Å²) in [5, 5.41) is 0. The van der Waals surface area contributed by atoms with Crippen LogP contribution in [0.25, 0.3) is 0 Å². The van der Waals surface area contributed by atoms with Crippen LogP contribution >= 0.6 is 0 Å². The molecule has 0 heterocycles. The predicted octanol–water partition coefficient (Wildman–Crippen LogP) is 4.43. The lowest BCUT2D eigenvalue weighted by molar-refractivity contribution is -0.141. The van der Waals surface area contributed by atoms with E-state index in [9.17, 15) is 18.0 Å². The molecule has 1 unspecified atom stereocenters. The van der Waals surface area contributed by atoms with Crippen molar-refractivity contribution in [1.82, 2.24) is 4.90 Å². The van der Waals surface area contributed by atoms with Crippen molar-refractivity contribution in [2.45, 2.75) is 72.5 Å². The molecule has 0 spiro atoms. The Morgan fingerprint density at radius 1 is 1.21 bits per heavy atom. The van der Waals surface area contributed by atoms with E-state index in [1.54, 1.807) is 0 Å². The van der Waals surface area contributed by atoms with Crippen molar-refractivity contribution in [3.05, 3.63) is 0 Å². The van der Waals surface area contributed by atoms with Crippen molar-refractivity contribution in [2.75, 3.05) is 13.1 Å².